The monoisotopic (exact) mass is 190 g/mol. The van der Waals surface area contributed by atoms with Gasteiger partial charge < -0.3 is 0 Å². The molecule has 0 heterocycles. The molecule has 0 amide bonds. The van der Waals surface area contributed by atoms with Crippen molar-refractivity contribution in [1.82, 2.24) is 0 Å². The van der Waals surface area contributed by atoms with Crippen molar-refractivity contribution in [2.75, 3.05) is 0 Å². The summed E-state index contributed by atoms with van der Waals surface area (Å²) in [6, 6.07) is 9.03. The van der Waals surface area contributed by atoms with Crippen LogP contribution in [0.15, 0.2) is 24.3 Å². The molecule has 1 rings (SSSR count). The Hall–Kier alpha value is -1.87. The van der Waals surface area contributed by atoms with Crippen molar-refractivity contribution in [3.05, 3.63) is 35.6 Å². The van der Waals surface area contributed by atoms with Crippen molar-refractivity contribution in [2.24, 2.45) is 0 Å². The van der Waals surface area contributed by atoms with E-state index in [1.54, 1.807) is 18.2 Å². The number of nitrogens with zero attached hydrogens (tertiary/aromatic N) is 2. The maximum absolute atomic E-state index is 12.6. The lowest BCUT2D eigenvalue weighted by molar-refractivity contribution is 0.625. The molecule has 3 heteroatoms. The van der Waals surface area contributed by atoms with Crippen LogP contribution in [0, 0.1) is 28.5 Å². The summed E-state index contributed by atoms with van der Waals surface area (Å²) in [5.41, 5.74) is 0.403. The number of rotatable bonds is 1. The Labute approximate surface area is 83.2 Å². The second-order valence-corrected chi connectivity index (χ2v) is 2.25. The molecule has 0 aliphatic rings. The second-order valence-electron chi connectivity index (χ2n) is 2.25. The first-order chi connectivity index (χ1) is 6.77. The summed E-state index contributed by atoms with van der Waals surface area (Å²) in [4.78, 5) is 0. The number of hydrogen-bond donors (Lipinski definition) is 0. The van der Waals surface area contributed by atoms with Crippen molar-refractivity contribution >= 4 is 0 Å². The van der Waals surface area contributed by atoms with Crippen LogP contribution in [0.1, 0.15) is 25.3 Å². The molecule has 0 unspecified atom stereocenters. The van der Waals surface area contributed by atoms with Crippen LogP contribution in [0.4, 0.5) is 4.39 Å². The molecule has 0 aliphatic heterocycles. The highest BCUT2D eigenvalue weighted by atomic mass is 19.1. The first-order valence-corrected chi connectivity index (χ1v) is 4.32. The lowest BCUT2D eigenvalue weighted by Gasteiger charge is -1.98. The zero-order valence-electron chi connectivity index (χ0n) is 8.16. The Kier molecular flexibility index (Phi) is 5.74. The molecule has 0 saturated heterocycles. The van der Waals surface area contributed by atoms with Crippen LogP contribution >= 0.6 is 0 Å². The third kappa shape index (κ3) is 3.25. The third-order valence-corrected chi connectivity index (χ3v) is 1.44. The van der Waals surface area contributed by atoms with E-state index in [1.165, 1.54) is 18.2 Å². The van der Waals surface area contributed by atoms with E-state index in [0.29, 0.717) is 5.56 Å². The average molecular weight is 190 g/mol. The Balaban J connectivity index is 0.000000791. The predicted molar refractivity (Wildman–Crippen MR) is 51.7 cm³/mol. The fourth-order valence-electron chi connectivity index (χ4n) is 0.864. The minimum Gasteiger partial charge on any atom is -0.207 e. The molecule has 2 nitrogen and oxygen atoms in total. The molecule has 0 saturated carbocycles. The Morgan fingerprint density at radius 1 is 1.21 bits per heavy atom. The topological polar surface area (TPSA) is 47.6 Å². The number of halogens is 1. The predicted octanol–water partition coefficient (Wildman–Crippen LogP) is 2.98. The quantitative estimate of drug-likeness (QED) is 0.683. The summed E-state index contributed by atoms with van der Waals surface area (Å²) in [6.07, 6.45) is 0. The van der Waals surface area contributed by atoms with Gasteiger partial charge in [0.1, 0.15) is 5.82 Å². The van der Waals surface area contributed by atoms with Crippen molar-refractivity contribution in [2.45, 2.75) is 19.8 Å². The van der Waals surface area contributed by atoms with Gasteiger partial charge in [-0.25, -0.2) is 4.39 Å². The summed E-state index contributed by atoms with van der Waals surface area (Å²) < 4.78 is 12.6. The molecule has 14 heavy (non-hydrogen) atoms. The van der Waals surface area contributed by atoms with Gasteiger partial charge in [0.25, 0.3) is 0 Å². The molecule has 1 aromatic carbocycles. The van der Waals surface area contributed by atoms with Gasteiger partial charge in [-0.1, -0.05) is 26.0 Å². The maximum atomic E-state index is 12.6. The summed E-state index contributed by atoms with van der Waals surface area (Å²) in [5, 5.41) is 17.0. The van der Waals surface area contributed by atoms with Gasteiger partial charge in [-0.2, -0.15) is 10.5 Å². The Morgan fingerprint density at radius 2 is 1.79 bits per heavy atom. The van der Waals surface area contributed by atoms with E-state index in [9.17, 15) is 4.39 Å². The van der Waals surface area contributed by atoms with Crippen LogP contribution in [0.2, 0.25) is 0 Å². The van der Waals surface area contributed by atoms with Crippen molar-refractivity contribution in [1.29, 1.82) is 10.5 Å². The highest BCUT2D eigenvalue weighted by Crippen LogP contribution is 2.14. The second kappa shape index (κ2) is 6.62. The number of nitriles is 2. The van der Waals surface area contributed by atoms with Gasteiger partial charge in [0, 0.05) is 0 Å². The van der Waals surface area contributed by atoms with Gasteiger partial charge in [-0.05, 0) is 17.7 Å². The van der Waals surface area contributed by atoms with Crippen LogP contribution in [-0.4, -0.2) is 0 Å². The first kappa shape index (κ1) is 12.1. The molecular formula is C11H11FN2. The third-order valence-electron chi connectivity index (χ3n) is 1.44. The van der Waals surface area contributed by atoms with E-state index in [-0.39, 0.29) is 0 Å². The van der Waals surface area contributed by atoms with Gasteiger partial charge in [0.05, 0.1) is 12.1 Å². The van der Waals surface area contributed by atoms with Crippen LogP contribution in [-0.2, 0) is 0 Å². The molecule has 0 radical (unpaired) electrons. The fraction of sp³-hybridized carbons (Fsp3) is 0.273. The maximum Gasteiger partial charge on any atom is 0.158 e. The normalized spacial score (nSPS) is 8.14. The Morgan fingerprint density at radius 3 is 2.21 bits per heavy atom. The Bertz CT molecular complexity index is 346. The van der Waals surface area contributed by atoms with Crippen LogP contribution in [0.3, 0.4) is 0 Å². The smallest absolute Gasteiger partial charge is 0.158 e. The first-order valence-electron chi connectivity index (χ1n) is 4.32. The molecule has 0 bridgehead atoms. The zero-order valence-corrected chi connectivity index (χ0v) is 8.16. The van der Waals surface area contributed by atoms with E-state index in [4.69, 9.17) is 10.5 Å². The average Bonchev–Trinajstić information content (AvgIpc) is 2.23. The van der Waals surface area contributed by atoms with Gasteiger partial charge in [0.15, 0.2) is 5.92 Å². The van der Waals surface area contributed by atoms with Gasteiger partial charge >= 0.3 is 0 Å². The van der Waals surface area contributed by atoms with Crippen molar-refractivity contribution < 1.29 is 4.39 Å². The van der Waals surface area contributed by atoms with Crippen LogP contribution in [0.25, 0.3) is 0 Å². The van der Waals surface area contributed by atoms with E-state index < -0.39 is 11.7 Å². The van der Waals surface area contributed by atoms with E-state index in [2.05, 4.69) is 0 Å². The number of hydrogen-bond acceptors (Lipinski definition) is 2. The lowest BCUT2D eigenvalue weighted by atomic mass is 10.0. The largest absolute Gasteiger partial charge is 0.207 e. The minimum absolute atomic E-state index is 0.403. The molecule has 72 valence electrons. The molecule has 0 aliphatic carbocycles. The number of benzene rings is 1. The van der Waals surface area contributed by atoms with Crippen LogP contribution in [0.5, 0.6) is 0 Å². The SMILES string of the molecule is CC.N#CC(C#N)c1cccc(F)c1. The highest BCUT2D eigenvalue weighted by Gasteiger charge is 2.08. The summed E-state index contributed by atoms with van der Waals surface area (Å²) >= 11 is 0. The summed E-state index contributed by atoms with van der Waals surface area (Å²) in [5.74, 6) is -1.30. The molecule has 0 aromatic heterocycles. The summed E-state index contributed by atoms with van der Waals surface area (Å²) in [7, 11) is 0. The lowest BCUT2D eigenvalue weighted by Crippen LogP contribution is -1.91. The van der Waals surface area contributed by atoms with E-state index in [1.807, 2.05) is 13.8 Å². The molecule has 0 N–H and O–H groups in total. The minimum atomic E-state index is -0.874. The molecule has 0 fully saturated rings. The molecule has 0 spiro atoms. The van der Waals surface area contributed by atoms with Gasteiger partial charge in [0.2, 0.25) is 0 Å². The molecule has 0 atom stereocenters. The van der Waals surface area contributed by atoms with E-state index >= 15 is 0 Å². The van der Waals surface area contributed by atoms with Crippen LogP contribution < -0.4 is 0 Å². The van der Waals surface area contributed by atoms with Gasteiger partial charge in [-0.3, -0.25) is 0 Å². The van der Waals surface area contributed by atoms with Gasteiger partial charge in [-0.15, -0.1) is 0 Å². The highest BCUT2D eigenvalue weighted by molar-refractivity contribution is 5.31. The fourth-order valence-corrected chi connectivity index (χ4v) is 0.864. The van der Waals surface area contributed by atoms with Crippen molar-refractivity contribution in [3.8, 4) is 12.1 Å². The van der Waals surface area contributed by atoms with E-state index in [0.717, 1.165) is 0 Å². The summed E-state index contributed by atoms with van der Waals surface area (Å²) in [6.45, 7) is 4.00. The zero-order chi connectivity index (χ0) is 11.0. The van der Waals surface area contributed by atoms with Crippen molar-refractivity contribution in [3.63, 3.8) is 0 Å². The molecule has 1 aromatic rings. The molecular weight excluding hydrogens is 179 g/mol. The standard InChI is InChI=1S/C9H5FN2.C2H6/c10-9-3-1-2-7(4-9)8(5-11)6-12;1-2/h1-4,8H;1-2H3.